The number of hydrogen-bond donors (Lipinski definition) is 1. The number of nitrogens with one attached hydrogen (secondary N) is 1. The van der Waals surface area contributed by atoms with E-state index >= 15 is 0 Å². The zero-order chi connectivity index (χ0) is 37.1. The van der Waals surface area contributed by atoms with Crippen LogP contribution in [-0.2, 0) is 43.0 Å². The third-order valence-electron chi connectivity index (χ3n) is 7.21. The highest BCUT2D eigenvalue weighted by Gasteiger charge is 2.43. The minimum Gasteiger partial charge on any atom is -0.493 e. The molecule has 0 unspecified atom stereocenters. The second-order valence-corrected chi connectivity index (χ2v) is 13.2. The molecule has 0 radical (unpaired) electrons. The van der Waals surface area contributed by atoms with Crippen LogP contribution in [0.25, 0.3) is 0 Å². The van der Waals surface area contributed by atoms with Gasteiger partial charge >= 0.3 is 6.09 Å². The Labute approximate surface area is 298 Å². The van der Waals surface area contributed by atoms with Crippen LogP contribution in [0.15, 0.2) is 36.4 Å². The minimum absolute atomic E-state index is 0.0106. The molecule has 3 amide bonds. The number of imide groups is 1. The number of carbonyl (C=O) groups is 3. The molecule has 1 N–H and O–H groups in total. The van der Waals surface area contributed by atoms with Crippen LogP contribution in [0.1, 0.15) is 39.2 Å². The van der Waals surface area contributed by atoms with E-state index in [1.54, 1.807) is 32.2 Å². The molecule has 2 aromatic carbocycles. The smallest absolute Gasteiger partial charge is 0.411 e. The van der Waals surface area contributed by atoms with Crippen molar-refractivity contribution >= 4 is 33.4 Å². The summed E-state index contributed by atoms with van der Waals surface area (Å²) in [5.41, 5.74) is 0.321. The van der Waals surface area contributed by atoms with Gasteiger partial charge in [0.25, 0.3) is 11.8 Å². The number of methoxy groups -OCH3 is 2. The SMILES string of the molecule is CCOc1cc([C@H](CS(C)(=O)=O)N2C(=O)c3cccc(NC(=O)OCCOCCOCCOCCOCCOCCOC)c3C2=O)ccc1OC. The van der Waals surface area contributed by atoms with Crippen LogP contribution in [-0.4, -0.2) is 143 Å². The van der Waals surface area contributed by atoms with E-state index in [9.17, 15) is 22.8 Å². The average Bonchev–Trinajstić information content (AvgIpc) is 3.35. The molecule has 1 aliphatic heterocycles. The molecule has 1 heterocycles. The van der Waals surface area contributed by atoms with Crippen molar-refractivity contribution in [2.24, 2.45) is 0 Å². The topological polar surface area (TPSA) is 184 Å². The number of rotatable bonds is 26. The Bertz CT molecular complexity index is 1520. The third kappa shape index (κ3) is 13.7. The van der Waals surface area contributed by atoms with Crippen LogP contribution in [0.5, 0.6) is 11.5 Å². The first-order chi connectivity index (χ1) is 24.6. The molecule has 0 fully saturated rings. The van der Waals surface area contributed by atoms with Crippen molar-refractivity contribution < 1.29 is 65.4 Å². The van der Waals surface area contributed by atoms with E-state index in [4.69, 9.17) is 42.6 Å². The number of fused-ring (bicyclic) bond motifs is 1. The number of benzene rings is 2. The van der Waals surface area contributed by atoms with Gasteiger partial charge in [-0.3, -0.25) is 19.8 Å². The number of carbonyl (C=O) groups excluding carboxylic acids is 3. The molecule has 0 bridgehead atoms. The van der Waals surface area contributed by atoms with E-state index in [2.05, 4.69) is 5.32 Å². The van der Waals surface area contributed by atoms with Gasteiger partial charge in [-0.25, -0.2) is 13.2 Å². The fourth-order valence-electron chi connectivity index (χ4n) is 4.93. The lowest BCUT2D eigenvalue weighted by Gasteiger charge is -2.27. The lowest BCUT2D eigenvalue weighted by atomic mass is 10.1. The number of sulfone groups is 1. The molecule has 2 aromatic rings. The van der Waals surface area contributed by atoms with Crippen LogP contribution in [0.4, 0.5) is 10.5 Å². The van der Waals surface area contributed by atoms with Crippen molar-refractivity contribution in [3.8, 4) is 11.5 Å². The highest BCUT2D eigenvalue weighted by atomic mass is 32.2. The summed E-state index contributed by atoms with van der Waals surface area (Å²) in [7, 11) is -0.611. The Hall–Kier alpha value is -3.84. The number of amides is 3. The summed E-state index contributed by atoms with van der Waals surface area (Å²) in [6.07, 6.45) is 0.149. The van der Waals surface area contributed by atoms with Gasteiger partial charge in [-0.2, -0.15) is 0 Å². The molecule has 1 aliphatic rings. The summed E-state index contributed by atoms with van der Waals surface area (Å²) in [4.78, 5) is 40.9. The summed E-state index contributed by atoms with van der Waals surface area (Å²) in [5, 5.41) is 2.51. The molecule has 17 heteroatoms. The Kier molecular flexibility index (Phi) is 18.1. The quantitative estimate of drug-likeness (QED) is 0.110. The molecule has 284 valence electrons. The Morgan fingerprint density at radius 1 is 0.765 bits per heavy atom. The first kappa shape index (κ1) is 41.6. The van der Waals surface area contributed by atoms with Crippen molar-refractivity contribution in [1.82, 2.24) is 4.90 Å². The average molecular weight is 741 g/mol. The fourth-order valence-corrected chi connectivity index (χ4v) is 5.84. The molecular weight excluding hydrogens is 692 g/mol. The van der Waals surface area contributed by atoms with E-state index in [-0.39, 0.29) is 36.6 Å². The molecule has 3 rings (SSSR count). The van der Waals surface area contributed by atoms with Crippen molar-refractivity contribution in [3.63, 3.8) is 0 Å². The molecule has 0 saturated heterocycles. The van der Waals surface area contributed by atoms with E-state index < -0.39 is 39.5 Å². The maximum atomic E-state index is 13.8. The van der Waals surface area contributed by atoms with Crippen LogP contribution in [0, 0.1) is 0 Å². The van der Waals surface area contributed by atoms with Crippen molar-refractivity contribution in [1.29, 1.82) is 0 Å². The lowest BCUT2D eigenvalue weighted by Crippen LogP contribution is -2.37. The maximum absolute atomic E-state index is 13.8. The Morgan fingerprint density at radius 2 is 1.33 bits per heavy atom. The molecule has 16 nitrogen and oxygen atoms in total. The molecule has 0 aliphatic carbocycles. The van der Waals surface area contributed by atoms with Crippen LogP contribution in [0.2, 0.25) is 0 Å². The monoisotopic (exact) mass is 740 g/mol. The van der Waals surface area contributed by atoms with Crippen molar-refractivity contribution in [3.05, 3.63) is 53.1 Å². The molecular formula is C34H48N2O14S. The maximum Gasteiger partial charge on any atom is 0.411 e. The summed E-state index contributed by atoms with van der Waals surface area (Å²) in [6.45, 7) is 6.42. The van der Waals surface area contributed by atoms with Crippen molar-refractivity contribution in [2.45, 2.75) is 13.0 Å². The first-order valence-electron chi connectivity index (χ1n) is 16.4. The standard InChI is InChI=1S/C34H48N2O14S/c1-5-49-30-23-25(9-10-29(30)43-3)28(24-51(4,40)41)36-32(37)26-7-6-8-27(31(26)33(36)38)35-34(39)50-22-21-48-20-19-47-18-17-46-16-15-45-14-13-44-12-11-42-2/h6-10,23,28H,5,11-22,24H2,1-4H3,(H,35,39)/t28-/m0/s1. The normalized spacial score (nSPS) is 13.3. The predicted molar refractivity (Wildman–Crippen MR) is 184 cm³/mol. The summed E-state index contributed by atoms with van der Waals surface area (Å²) in [5.74, 6) is -1.28. The van der Waals surface area contributed by atoms with Crippen LogP contribution in [0.3, 0.4) is 0 Å². The Balaban J connectivity index is 1.44. The summed E-state index contributed by atoms with van der Waals surface area (Å²) >= 11 is 0. The molecule has 0 spiro atoms. The molecule has 0 aromatic heterocycles. The van der Waals surface area contributed by atoms with E-state index in [1.165, 1.54) is 25.3 Å². The van der Waals surface area contributed by atoms with Gasteiger partial charge in [0, 0.05) is 13.4 Å². The zero-order valence-electron chi connectivity index (χ0n) is 29.5. The highest BCUT2D eigenvalue weighted by molar-refractivity contribution is 7.90. The number of ether oxygens (including phenoxy) is 9. The second kappa shape index (κ2) is 22.2. The zero-order valence-corrected chi connectivity index (χ0v) is 30.3. The van der Waals surface area contributed by atoms with E-state index in [1.807, 2.05) is 0 Å². The third-order valence-corrected chi connectivity index (χ3v) is 8.13. The Morgan fingerprint density at radius 3 is 1.86 bits per heavy atom. The molecule has 51 heavy (non-hydrogen) atoms. The summed E-state index contributed by atoms with van der Waals surface area (Å²) in [6, 6.07) is 7.89. The van der Waals surface area contributed by atoms with Gasteiger partial charge in [0.05, 0.1) is 115 Å². The highest BCUT2D eigenvalue weighted by Crippen LogP contribution is 2.38. The second-order valence-electron chi connectivity index (χ2n) is 11.0. The van der Waals surface area contributed by atoms with Gasteiger partial charge in [-0.15, -0.1) is 0 Å². The van der Waals surface area contributed by atoms with Crippen LogP contribution >= 0.6 is 0 Å². The van der Waals surface area contributed by atoms with Gasteiger partial charge in [-0.05, 0) is 36.8 Å². The van der Waals surface area contributed by atoms with Gasteiger partial charge in [0.1, 0.15) is 16.4 Å². The number of hydrogen-bond acceptors (Lipinski definition) is 14. The molecule has 0 saturated carbocycles. The van der Waals surface area contributed by atoms with Gasteiger partial charge in [0.2, 0.25) is 0 Å². The minimum atomic E-state index is -3.69. The number of nitrogens with zero attached hydrogens (tertiary/aromatic N) is 1. The summed E-state index contributed by atoms with van der Waals surface area (Å²) < 4.78 is 73.0. The molecule has 1 atom stereocenters. The lowest BCUT2D eigenvalue weighted by molar-refractivity contribution is -0.0166. The van der Waals surface area contributed by atoms with Gasteiger partial charge < -0.3 is 42.6 Å². The first-order valence-corrected chi connectivity index (χ1v) is 18.5. The largest absolute Gasteiger partial charge is 0.493 e. The number of anilines is 1. The van der Waals surface area contributed by atoms with Gasteiger partial charge in [-0.1, -0.05) is 12.1 Å². The van der Waals surface area contributed by atoms with E-state index in [0.717, 1.165) is 11.2 Å². The van der Waals surface area contributed by atoms with E-state index in [0.29, 0.717) is 83.1 Å². The van der Waals surface area contributed by atoms with Gasteiger partial charge in [0.15, 0.2) is 11.5 Å². The van der Waals surface area contributed by atoms with Crippen LogP contribution < -0.4 is 14.8 Å². The van der Waals surface area contributed by atoms with Crippen molar-refractivity contribution in [2.75, 3.05) is 117 Å². The predicted octanol–water partition coefficient (Wildman–Crippen LogP) is 2.75. The fraction of sp³-hybridized carbons (Fsp3) is 0.559.